The molecule has 3 rings (SSSR count). The molecule has 1 aliphatic rings. The molecule has 1 fully saturated rings. The van der Waals surface area contributed by atoms with Crippen LogP contribution in [-0.4, -0.2) is 28.3 Å². The fourth-order valence-electron chi connectivity index (χ4n) is 2.98. The summed E-state index contributed by atoms with van der Waals surface area (Å²) in [6.07, 6.45) is 8.53. The van der Waals surface area contributed by atoms with Gasteiger partial charge in [-0.1, -0.05) is 30.7 Å². The van der Waals surface area contributed by atoms with Crippen molar-refractivity contribution in [3.8, 4) is 11.5 Å². The summed E-state index contributed by atoms with van der Waals surface area (Å²) in [4.78, 5) is 9.45. The number of phenols is 2. The first-order valence-corrected chi connectivity index (χ1v) is 8.35. The van der Waals surface area contributed by atoms with Crippen molar-refractivity contribution in [3.05, 3.63) is 59.7 Å². The summed E-state index contributed by atoms with van der Waals surface area (Å²) in [6.45, 7) is 0. The smallest absolute Gasteiger partial charge is 0.150 e. The number of aromatic hydroxyl groups is 2. The van der Waals surface area contributed by atoms with Crippen LogP contribution in [0.5, 0.6) is 11.5 Å². The molecule has 2 aromatic rings. The lowest BCUT2D eigenvalue weighted by molar-refractivity contribution is 0.313. The number of aliphatic imine (C=N–C) groups is 2. The summed E-state index contributed by atoms with van der Waals surface area (Å²) in [5.74, 6) is 0.439. The maximum atomic E-state index is 9.91. The van der Waals surface area contributed by atoms with E-state index in [4.69, 9.17) is 9.98 Å². The van der Waals surface area contributed by atoms with Crippen molar-refractivity contribution < 1.29 is 10.2 Å². The topological polar surface area (TPSA) is 65.2 Å². The van der Waals surface area contributed by atoms with Gasteiger partial charge in [0.05, 0.1) is 0 Å². The van der Waals surface area contributed by atoms with E-state index in [1.807, 2.05) is 24.3 Å². The van der Waals surface area contributed by atoms with E-state index in [9.17, 15) is 10.2 Å². The zero-order valence-electron chi connectivity index (χ0n) is 13.6. The van der Waals surface area contributed by atoms with Gasteiger partial charge in [0.25, 0.3) is 0 Å². The second-order valence-electron chi connectivity index (χ2n) is 6.18. The molecule has 4 nitrogen and oxygen atoms in total. The average molecular weight is 322 g/mol. The normalized spacial score (nSPS) is 17.5. The molecule has 0 unspecified atom stereocenters. The van der Waals surface area contributed by atoms with Crippen LogP contribution in [0.15, 0.2) is 58.5 Å². The Labute approximate surface area is 142 Å². The standard InChI is InChI=1S/C20H22N2O2/c23-18-10-4-2-8-16(18)14-21-20(12-6-1-7-13-20)22-15-17-9-3-5-11-19(17)24/h2-5,8-11,14-15,23-24H,1,6-7,12-13H2/b21-14-,22-15?. The van der Waals surface area contributed by atoms with Crippen molar-refractivity contribution in [2.24, 2.45) is 9.98 Å². The van der Waals surface area contributed by atoms with Crippen LogP contribution < -0.4 is 0 Å². The minimum absolute atomic E-state index is 0.219. The van der Waals surface area contributed by atoms with Crippen LogP contribution >= 0.6 is 0 Å². The third kappa shape index (κ3) is 3.82. The maximum absolute atomic E-state index is 9.91. The van der Waals surface area contributed by atoms with E-state index in [1.165, 1.54) is 6.42 Å². The predicted molar refractivity (Wildman–Crippen MR) is 97.2 cm³/mol. The maximum Gasteiger partial charge on any atom is 0.150 e. The molecule has 0 heterocycles. The Bertz CT molecular complexity index is 689. The molecule has 0 bridgehead atoms. The summed E-state index contributed by atoms with van der Waals surface area (Å²) in [7, 11) is 0. The van der Waals surface area contributed by atoms with Gasteiger partial charge in [-0.2, -0.15) is 0 Å². The average Bonchev–Trinajstić information content (AvgIpc) is 2.61. The number of hydrogen-bond donors (Lipinski definition) is 2. The Balaban J connectivity index is 1.88. The number of phenolic OH excluding ortho intramolecular Hbond substituents is 2. The number of para-hydroxylation sites is 2. The lowest BCUT2D eigenvalue weighted by atomic mass is 9.90. The summed E-state index contributed by atoms with van der Waals surface area (Å²) >= 11 is 0. The molecule has 0 aliphatic heterocycles. The van der Waals surface area contributed by atoms with Crippen LogP contribution in [0.25, 0.3) is 0 Å². The second kappa shape index (κ2) is 7.30. The van der Waals surface area contributed by atoms with E-state index in [-0.39, 0.29) is 11.5 Å². The Morgan fingerprint density at radius 1 is 0.708 bits per heavy atom. The molecule has 124 valence electrons. The van der Waals surface area contributed by atoms with Crippen molar-refractivity contribution in [1.29, 1.82) is 0 Å². The quantitative estimate of drug-likeness (QED) is 0.824. The molecule has 0 spiro atoms. The van der Waals surface area contributed by atoms with Crippen molar-refractivity contribution in [2.45, 2.75) is 37.8 Å². The van der Waals surface area contributed by atoms with Crippen LogP contribution in [0.1, 0.15) is 43.2 Å². The van der Waals surface area contributed by atoms with Gasteiger partial charge >= 0.3 is 0 Å². The van der Waals surface area contributed by atoms with E-state index in [1.54, 1.807) is 36.7 Å². The molecule has 2 N–H and O–H groups in total. The number of rotatable bonds is 4. The third-order valence-corrected chi connectivity index (χ3v) is 4.42. The minimum atomic E-state index is -0.511. The molecular formula is C20H22N2O2. The molecule has 4 heteroatoms. The summed E-state index contributed by atoms with van der Waals surface area (Å²) in [6, 6.07) is 14.3. The van der Waals surface area contributed by atoms with Crippen molar-refractivity contribution in [2.75, 3.05) is 0 Å². The Hall–Kier alpha value is -2.62. The number of hydrogen-bond acceptors (Lipinski definition) is 4. The van der Waals surface area contributed by atoms with Gasteiger partial charge in [-0.05, 0) is 49.9 Å². The van der Waals surface area contributed by atoms with Gasteiger partial charge in [-0.3, -0.25) is 9.98 Å². The van der Waals surface area contributed by atoms with E-state index < -0.39 is 5.66 Å². The molecule has 0 aromatic heterocycles. The fourth-order valence-corrected chi connectivity index (χ4v) is 2.98. The zero-order chi connectivity index (χ0) is 16.8. The lowest BCUT2D eigenvalue weighted by Gasteiger charge is -2.29. The summed E-state index contributed by atoms with van der Waals surface area (Å²) in [5, 5.41) is 19.8. The highest BCUT2D eigenvalue weighted by Crippen LogP contribution is 2.33. The molecule has 1 saturated carbocycles. The molecule has 0 saturated heterocycles. The van der Waals surface area contributed by atoms with Crippen LogP contribution in [0.4, 0.5) is 0 Å². The Morgan fingerprint density at radius 2 is 1.17 bits per heavy atom. The van der Waals surface area contributed by atoms with Gasteiger partial charge < -0.3 is 10.2 Å². The molecular weight excluding hydrogens is 300 g/mol. The summed E-state index contributed by atoms with van der Waals surface area (Å²) < 4.78 is 0. The zero-order valence-corrected chi connectivity index (χ0v) is 13.6. The Kier molecular flexibility index (Phi) is 4.94. The predicted octanol–water partition coefficient (Wildman–Crippen LogP) is 4.30. The van der Waals surface area contributed by atoms with Crippen molar-refractivity contribution in [3.63, 3.8) is 0 Å². The second-order valence-corrected chi connectivity index (χ2v) is 6.18. The van der Waals surface area contributed by atoms with E-state index in [0.29, 0.717) is 11.1 Å². The highest BCUT2D eigenvalue weighted by atomic mass is 16.3. The fraction of sp³-hybridized carbons (Fsp3) is 0.300. The lowest BCUT2D eigenvalue weighted by Crippen LogP contribution is -2.27. The molecule has 0 amide bonds. The van der Waals surface area contributed by atoms with Gasteiger partial charge in [0, 0.05) is 23.6 Å². The molecule has 0 atom stereocenters. The number of nitrogens with zero attached hydrogens (tertiary/aromatic N) is 2. The van der Waals surface area contributed by atoms with Crippen LogP contribution in [0.3, 0.4) is 0 Å². The third-order valence-electron chi connectivity index (χ3n) is 4.42. The monoisotopic (exact) mass is 322 g/mol. The number of benzene rings is 2. The first kappa shape index (κ1) is 16.2. The van der Waals surface area contributed by atoms with Crippen molar-refractivity contribution >= 4 is 12.4 Å². The SMILES string of the molecule is Oc1ccccc1C=NC1(/N=C\c2ccccc2O)CCCCC1. The van der Waals surface area contributed by atoms with Gasteiger partial charge in [0.2, 0.25) is 0 Å². The van der Waals surface area contributed by atoms with E-state index in [2.05, 4.69) is 0 Å². The van der Waals surface area contributed by atoms with Crippen LogP contribution in [0, 0.1) is 0 Å². The highest BCUT2D eigenvalue weighted by molar-refractivity contribution is 5.85. The largest absolute Gasteiger partial charge is 0.507 e. The minimum Gasteiger partial charge on any atom is -0.507 e. The first-order chi connectivity index (χ1) is 11.7. The van der Waals surface area contributed by atoms with Crippen molar-refractivity contribution in [1.82, 2.24) is 0 Å². The molecule has 1 aliphatic carbocycles. The molecule has 0 radical (unpaired) electrons. The molecule has 24 heavy (non-hydrogen) atoms. The highest BCUT2D eigenvalue weighted by Gasteiger charge is 2.29. The van der Waals surface area contributed by atoms with Gasteiger partial charge in [-0.15, -0.1) is 0 Å². The van der Waals surface area contributed by atoms with Gasteiger partial charge in [-0.25, -0.2) is 0 Å². The van der Waals surface area contributed by atoms with E-state index in [0.717, 1.165) is 25.7 Å². The van der Waals surface area contributed by atoms with Crippen LogP contribution in [0.2, 0.25) is 0 Å². The van der Waals surface area contributed by atoms with E-state index >= 15 is 0 Å². The molecule has 2 aromatic carbocycles. The van der Waals surface area contributed by atoms with Gasteiger partial charge in [0.1, 0.15) is 17.2 Å². The van der Waals surface area contributed by atoms with Crippen LogP contribution in [-0.2, 0) is 0 Å². The summed E-state index contributed by atoms with van der Waals surface area (Å²) in [5.41, 5.74) is 0.878. The first-order valence-electron chi connectivity index (χ1n) is 8.35. The van der Waals surface area contributed by atoms with Gasteiger partial charge in [0.15, 0.2) is 0 Å². The Morgan fingerprint density at radius 3 is 1.62 bits per heavy atom.